The zero-order valence-electron chi connectivity index (χ0n) is 8.03. The van der Waals surface area contributed by atoms with Crippen molar-refractivity contribution in [2.75, 3.05) is 24.0 Å². The van der Waals surface area contributed by atoms with Crippen LogP contribution in [0.2, 0.25) is 0 Å². The molecule has 1 aromatic rings. The molecule has 1 aliphatic heterocycles. The lowest BCUT2D eigenvalue weighted by Gasteiger charge is -2.12. The molecule has 0 aliphatic carbocycles. The highest BCUT2D eigenvalue weighted by Crippen LogP contribution is 2.15. The number of halogens is 1. The molecule has 4 N–H and O–H groups in total. The zero-order valence-corrected chi connectivity index (χ0v) is 8.03. The van der Waals surface area contributed by atoms with Crippen molar-refractivity contribution in [3.05, 3.63) is 12.0 Å². The number of ether oxygens (including phenoxy) is 1. The number of hydrogen-bond donors (Lipinski definition) is 3. The minimum absolute atomic E-state index is 0.0972. The van der Waals surface area contributed by atoms with Gasteiger partial charge < -0.3 is 10.1 Å². The lowest BCUT2D eigenvalue weighted by atomic mass is 10.2. The molecule has 0 saturated carbocycles. The smallest absolute Gasteiger partial charge is 0.239 e. The summed E-state index contributed by atoms with van der Waals surface area (Å²) in [6.07, 6.45) is 1.91. The summed E-state index contributed by atoms with van der Waals surface area (Å²) in [6.45, 7) is 1.25. The minimum Gasteiger partial charge on any atom is -0.379 e. The lowest BCUT2D eigenvalue weighted by Crippen LogP contribution is -2.21. The molecule has 1 saturated heterocycles. The molecule has 82 valence electrons. The van der Waals surface area contributed by atoms with Gasteiger partial charge in [-0.3, -0.25) is 5.43 Å². The van der Waals surface area contributed by atoms with Gasteiger partial charge in [0.05, 0.1) is 18.8 Å². The third-order valence-electron chi connectivity index (χ3n) is 2.14. The van der Waals surface area contributed by atoms with Gasteiger partial charge in [0, 0.05) is 6.61 Å². The van der Waals surface area contributed by atoms with E-state index in [1.54, 1.807) is 0 Å². The van der Waals surface area contributed by atoms with E-state index < -0.39 is 5.82 Å². The van der Waals surface area contributed by atoms with Crippen molar-refractivity contribution in [1.29, 1.82) is 0 Å². The molecule has 0 aromatic carbocycles. The van der Waals surface area contributed by atoms with Gasteiger partial charge in [-0.15, -0.1) is 0 Å². The second-order valence-electron chi connectivity index (χ2n) is 3.24. The van der Waals surface area contributed by atoms with Gasteiger partial charge in [-0.05, 0) is 6.42 Å². The molecule has 2 rings (SSSR count). The number of nitrogen functional groups attached to an aromatic ring is 1. The van der Waals surface area contributed by atoms with Gasteiger partial charge in [0.15, 0.2) is 11.6 Å². The van der Waals surface area contributed by atoms with Crippen molar-refractivity contribution in [3.63, 3.8) is 0 Å². The number of hydrogen-bond acceptors (Lipinski definition) is 6. The van der Waals surface area contributed by atoms with Crippen LogP contribution in [0.5, 0.6) is 0 Å². The number of nitrogens with zero attached hydrogens (tertiary/aromatic N) is 2. The van der Waals surface area contributed by atoms with Gasteiger partial charge in [-0.1, -0.05) is 0 Å². The monoisotopic (exact) mass is 213 g/mol. The van der Waals surface area contributed by atoms with E-state index in [0.29, 0.717) is 13.2 Å². The predicted molar refractivity (Wildman–Crippen MR) is 52.6 cm³/mol. The van der Waals surface area contributed by atoms with E-state index in [4.69, 9.17) is 10.6 Å². The topological polar surface area (TPSA) is 85.1 Å². The second-order valence-corrected chi connectivity index (χ2v) is 3.24. The molecular formula is C8H12FN5O. The van der Waals surface area contributed by atoms with Crippen LogP contribution >= 0.6 is 0 Å². The van der Waals surface area contributed by atoms with Crippen LogP contribution < -0.4 is 16.6 Å². The number of rotatable bonds is 3. The van der Waals surface area contributed by atoms with E-state index in [-0.39, 0.29) is 17.8 Å². The number of anilines is 2. The van der Waals surface area contributed by atoms with Gasteiger partial charge in [0.1, 0.15) is 0 Å². The van der Waals surface area contributed by atoms with Gasteiger partial charge in [0.25, 0.3) is 0 Å². The first-order valence-corrected chi connectivity index (χ1v) is 4.63. The van der Waals surface area contributed by atoms with Crippen LogP contribution in [0.1, 0.15) is 6.42 Å². The van der Waals surface area contributed by atoms with Crippen LogP contribution in [0.4, 0.5) is 16.2 Å². The molecule has 0 radical (unpaired) electrons. The highest BCUT2D eigenvalue weighted by molar-refractivity contribution is 5.41. The van der Waals surface area contributed by atoms with Crippen LogP contribution in [0.3, 0.4) is 0 Å². The maximum atomic E-state index is 13.3. The first-order chi connectivity index (χ1) is 7.29. The summed E-state index contributed by atoms with van der Waals surface area (Å²) in [4.78, 5) is 7.50. The maximum Gasteiger partial charge on any atom is 0.239 e. The highest BCUT2D eigenvalue weighted by atomic mass is 19.1. The number of nitrogens with one attached hydrogen (secondary N) is 2. The van der Waals surface area contributed by atoms with Gasteiger partial charge in [-0.25, -0.2) is 15.2 Å². The fraction of sp³-hybridized carbons (Fsp3) is 0.500. The van der Waals surface area contributed by atoms with Crippen molar-refractivity contribution in [2.24, 2.45) is 5.84 Å². The Labute approximate surface area is 86.0 Å². The van der Waals surface area contributed by atoms with Gasteiger partial charge >= 0.3 is 0 Å². The van der Waals surface area contributed by atoms with Crippen LogP contribution in [-0.4, -0.2) is 29.2 Å². The number of aromatic nitrogens is 2. The molecule has 1 aromatic heterocycles. The van der Waals surface area contributed by atoms with Gasteiger partial charge in [-0.2, -0.15) is 4.98 Å². The number of hydrazine groups is 1. The quantitative estimate of drug-likeness (QED) is 0.488. The molecule has 0 amide bonds. The summed E-state index contributed by atoms with van der Waals surface area (Å²) in [5.74, 6) is 4.95. The molecule has 7 heteroatoms. The van der Waals surface area contributed by atoms with Crippen molar-refractivity contribution in [2.45, 2.75) is 12.5 Å². The molecule has 1 unspecified atom stereocenters. The minimum atomic E-state index is -0.499. The first kappa shape index (κ1) is 10.1. The molecule has 1 atom stereocenters. The van der Waals surface area contributed by atoms with Crippen LogP contribution in [0.15, 0.2) is 6.20 Å². The standard InChI is InChI=1S/C8H12FN5O/c9-6-3-11-8(14-10)13-7(6)12-5-1-2-15-4-5/h3,5H,1-2,4,10H2,(H2,11,12,13,14). The van der Waals surface area contributed by atoms with Gasteiger partial charge in [0.2, 0.25) is 5.95 Å². The normalized spacial score (nSPS) is 20.3. The number of nitrogens with two attached hydrogens (primary N) is 1. The summed E-state index contributed by atoms with van der Waals surface area (Å²) in [7, 11) is 0. The summed E-state index contributed by atoms with van der Waals surface area (Å²) in [5.41, 5.74) is 2.26. The Hall–Kier alpha value is -1.47. The predicted octanol–water partition coefficient (Wildman–Crippen LogP) is 0.102. The SMILES string of the molecule is NNc1ncc(F)c(NC2CCOC2)n1. The Morgan fingerprint density at radius 3 is 3.13 bits per heavy atom. The molecule has 1 aliphatic rings. The lowest BCUT2D eigenvalue weighted by molar-refractivity contribution is 0.195. The molecule has 1 fully saturated rings. The molecule has 0 bridgehead atoms. The maximum absolute atomic E-state index is 13.3. The Kier molecular flexibility index (Phi) is 2.93. The summed E-state index contributed by atoms with van der Waals surface area (Å²) < 4.78 is 18.4. The van der Waals surface area contributed by atoms with Crippen LogP contribution in [-0.2, 0) is 4.74 Å². The van der Waals surface area contributed by atoms with Crippen molar-refractivity contribution in [3.8, 4) is 0 Å². The Morgan fingerprint density at radius 1 is 1.60 bits per heavy atom. The summed E-state index contributed by atoms with van der Waals surface area (Å²) >= 11 is 0. The van der Waals surface area contributed by atoms with Crippen molar-refractivity contribution in [1.82, 2.24) is 9.97 Å². The average molecular weight is 213 g/mol. The second kappa shape index (κ2) is 4.37. The Bertz CT molecular complexity index is 342. The average Bonchev–Trinajstić information content (AvgIpc) is 2.74. The van der Waals surface area contributed by atoms with E-state index in [9.17, 15) is 4.39 Å². The van der Waals surface area contributed by atoms with E-state index in [1.165, 1.54) is 0 Å². The Balaban J connectivity index is 2.11. The van der Waals surface area contributed by atoms with E-state index >= 15 is 0 Å². The first-order valence-electron chi connectivity index (χ1n) is 4.63. The van der Waals surface area contributed by atoms with E-state index in [1.807, 2.05) is 0 Å². The largest absolute Gasteiger partial charge is 0.379 e. The van der Waals surface area contributed by atoms with Crippen molar-refractivity contribution >= 4 is 11.8 Å². The fourth-order valence-electron chi connectivity index (χ4n) is 1.38. The molecule has 6 nitrogen and oxygen atoms in total. The molecule has 2 heterocycles. The molecule has 0 spiro atoms. The third-order valence-corrected chi connectivity index (χ3v) is 2.14. The van der Waals surface area contributed by atoms with E-state index in [0.717, 1.165) is 12.6 Å². The third kappa shape index (κ3) is 2.31. The molecular weight excluding hydrogens is 201 g/mol. The zero-order chi connectivity index (χ0) is 10.7. The van der Waals surface area contributed by atoms with Crippen LogP contribution in [0.25, 0.3) is 0 Å². The van der Waals surface area contributed by atoms with Crippen LogP contribution in [0, 0.1) is 5.82 Å². The summed E-state index contributed by atoms with van der Waals surface area (Å²) in [6, 6.07) is 0.0972. The van der Waals surface area contributed by atoms with E-state index in [2.05, 4.69) is 20.7 Å². The Morgan fingerprint density at radius 2 is 2.47 bits per heavy atom. The fourth-order valence-corrected chi connectivity index (χ4v) is 1.38. The highest BCUT2D eigenvalue weighted by Gasteiger charge is 2.17. The molecule has 15 heavy (non-hydrogen) atoms. The van der Waals surface area contributed by atoms with Crippen molar-refractivity contribution < 1.29 is 9.13 Å². The summed E-state index contributed by atoms with van der Waals surface area (Å²) in [5, 5.41) is 2.94.